The number of aliphatic carboxylic acids is 1. The molecular formula is C15H18O3. The zero-order valence-electron chi connectivity index (χ0n) is 10.4. The number of carbonyl (C=O) groups excluding carboxylic acids is 1. The highest BCUT2D eigenvalue weighted by Crippen LogP contribution is 2.42. The van der Waals surface area contributed by atoms with E-state index in [9.17, 15) is 9.59 Å². The third-order valence-electron chi connectivity index (χ3n) is 3.85. The van der Waals surface area contributed by atoms with E-state index in [2.05, 4.69) is 0 Å². The van der Waals surface area contributed by atoms with Crippen LogP contribution >= 0.6 is 0 Å². The van der Waals surface area contributed by atoms with E-state index >= 15 is 0 Å². The largest absolute Gasteiger partial charge is 0.481 e. The molecule has 3 nitrogen and oxygen atoms in total. The van der Waals surface area contributed by atoms with E-state index < -0.39 is 11.4 Å². The number of hydrogen-bond acceptors (Lipinski definition) is 2. The Hall–Kier alpha value is -1.64. The van der Waals surface area contributed by atoms with Crippen molar-refractivity contribution in [3.05, 3.63) is 35.9 Å². The summed E-state index contributed by atoms with van der Waals surface area (Å²) >= 11 is 0. The summed E-state index contributed by atoms with van der Waals surface area (Å²) in [6.45, 7) is 0. The molecule has 2 rings (SSSR count). The first-order valence-electron chi connectivity index (χ1n) is 6.41. The molecule has 18 heavy (non-hydrogen) atoms. The lowest BCUT2D eigenvalue weighted by Crippen LogP contribution is -2.32. The lowest BCUT2D eigenvalue weighted by atomic mass is 9.76. The number of carboxylic acid groups (broad SMARTS) is 1. The first kappa shape index (κ1) is 12.8. The molecular weight excluding hydrogens is 228 g/mol. The number of ketones is 1. The van der Waals surface area contributed by atoms with Crippen molar-refractivity contribution >= 4 is 11.8 Å². The van der Waals surface area contributed by atoms with E-state index in [1.807, 2.05) is 30.3 Å². The number of Topliss-reactive ketones (excluding diaryl/α,β-unsaturated/α-hetero) is 1. The van der Waals surface area contributed by atoms with Crippen LogP contribution in [0.1, 0.15) is 37.7 Å². The lowest BCUT2D eigenvalue weighted by Gasteiger charge is -2.25. The number of rotatable bonds is 5. The fourth-order valence-corrected chi connectivity index (χ4v) is 2.86. The summed E-state index contributed by atoms with van der Waals surface area (Å²) in [5.74, 6) is -0.771. The summed E-state index contributed by atoms with van der Waals surface area (Å²) in [5, 5.41) is 9.00. The second-order valence-corrected chi connectivity index (χ2v) is 5.14. The van der Waals surface area contributed by atoms with Gasteiger partial charge in [0.25, 0.3) is 0 Å². The molecule has 0 bridgehead atoms. The maximum absolute atomic E-state index is 12.4. The number of carbonyl (C=O) groups is 2. The predicted molar refractivity (Wildman–Crippen MR) is 68.3 cm³/mol. The van der Waals surface area contributed by atoms with Gasteiger partial charge in [0.1, 0.15) is 5.78 Å². The predicted octanol–water partition coefficient (Wildman–Crippen LogP) is 2.83. The Labute approximate surface area is 107 Å². The summed E-state index contributed by atoms with van der Waals surface area (Å²) < 4.78 is 0. The molecule has 1 fully saturated rings. The number of hydrogen-bond donors (Lipinski definition) is 1. The monoisotopic (exact) mass is 246 g/mol. The van der Waals surface area contributed by atoms with Gasteiger partial charge in [-0.15, -0.1) is 0 Å². The summed E-state index contributed by atoms with van der Waals surface area (Å²) in [4.78, 5) is 23.4. The minimum absolute atomic E-state index is 0.0152. The summed E-state index contributed by atoms with van der Waals surface area (Å²) in [7, 11) is 0. The first-order valence-corrected chi connectivity index (χ1v) is 6.41. The molecule has 0 heterocycles. The Morgan fingerprint density at radius 1 is 1.11 bits per heavy atom. The van der Waals surface area contributed by atoms with Crippen LogP contribution in [-0.4, -0.2) is 16.9 Å². The molecule has 0 aromatic heterocycles. The summed E-state index contributed by atoms with van der Waals surface area (Å²) in [6.07, 6.45) is 3.73. The zero-order valence-corrected chi connectivity index (χ0v) is 10.4. The minimum atomic E-state index is -0.863. The van der Waals surface area contributed by atoms with Crippen molar-refractivity contribution in [3.8, 4) is 0 Å². The molecule has 0 amide bonds. The van der Waals surface area contributed by atoms with Crippen LogP contribution in [0.15, 0.2) is 30.3 Å². The Morgan fingerprint density at radius 2 is 1.72 bits per heavy atom. The van der Waals surface area contributed by atoms with Crippen molar-refractivity contribution in [1.29, 1.82) is 0 Å². The molecule has 1 aliphatic rings. The van der Waals surface area contributed by atoms with Crippen LogP contribution in [0.5, 0.6) is 0 Å². The first-order chi connectivity index (χ1) is 8.62. The normalized spacial score (nSPS) is 17.6. The van der Waals surface area contributed by atoms with Crippen LogP contribution in [-0.2, 0) is 16.0 Å². The van der Waals surface area contributed by atoms with Gasteiger partial charge in [0.2, 0.25) is 0 Å². The van der Waals surface area contributed by atoms with Crippen LogP contribution in [0.25, 0.3) is 0 Å². The van der Waals surface area contributed by atoms with Crippen molar-refractivity contribution < 1.29 is 14.7 Å². The molecule has 0 saturated heterocycles. The fraction of sp³-hybridized carbons (Fsp3) is 0.467. The highest BCUT2D eigenvalue weighted by Gasteiger charge is 2.42. The molecule has 0 unspecified atom stereocenters. The smallest absolute Gasteiger partial charge is 0.304 e. The van der Waals surface area contributed by atoms with Gasteiger partial charge in [0.15, 0.2) is 0 Å². The average Bonchev–Trinajstić information content (AvgIpc) is 2.79. The molecule has 1 saturated carbocycles. The van der Waals surface area contributed by atoms with Crippen LogP contribution < -0.4 is 0 Å². The minimum Gasteiger partial charge on any atom is -0.481 e. The lowest BCUT2D eigenvalue weighted by molar-refractivity contribution is -0.144. The van der Waals surface area contributed by atoms with E-state index in [4.69, 9.17) is 5.11 Å². The van der Waals surface area contributed by atoms with E-state index in [0.29, 0.717) is 6.42 Å². The molecule has 1 aromatic carbocycles. The van der Waals surface area contributed by atoms with Crippen molar-refractivity contribution in [2.45, 2.75) is 38.5 Å². The molecule has 96 valence electrons. The number of carboxylic acids is 1. The van der Waals surface area contributed by atoms with E-state index in [1.165, 1.54) is 0 Å². The highest BCUT2D eigenvalue weighted by molar-refractivity contribution is 5.90. The standard InChI is InChI=1S/C15H18O3/c16-13(10-12-6-2-1-3-7-12)15(11-14(17)18)8-4-5-9-15/h1-3,6-7H,4-5,8-11H2,(H,17,18). The van der Waals surface area contributed by atoms with Crippen molar-refractivity contribution in [3.63, 3.8) is 0 Å². The fourth-order valence-electron chi connectivity index (χ4n) is 2.86. The van der Waals surface area contributed by atoms with Gasteiger partial charge in [-0.25, -0.2) is 0 Å². The molecule has 1 N–H and O–H groups in total. The van der Waals surface area contributed by atoms with E-state index in [-0.39, 0.29) is 12.2 Å². The maximum Gasteiger partial charge on any atom is 0.304 e. The van der Waals surface area contributed by atoms with Gasteiger partial charge in [-0.1, -0.05) is 43.2 Å². The molecule has 0 spiro atoms. The summed E-state index contributed by atoms with van der Waals surface area (Å²) in [5.41, 5.74) is 0.362. The van der Waals surface area contributed by atoms with Crippen molar-refractivity contribution in [2.24, 2.45) is 5.41 Å². The van der Waals surface area contributed by atoms with Gasteiger partial charge in [0, 0.05) is 11.8 Å². The SMILES string of the molecule is O=C(O)CC1(C(=O)Cc2ccccc2)CCCC1. The summed E-state index contributed by atoms with van der Waals surface area (Å²) in [6, 6.07) is 9.56. The molecule has 0 radical (unpaired) electrons. The average molecular weight is 246 g/mol. The second-order valence-electron chi connectivity index (χ2n) is 5.14. The van der Waals surface area contributed by atoms with Gasteiger partial charge in [-0.3, -0.25) is 9.59 Å². The van der Waals surface area contributed by atoms with Gasteiger partial charge in [-0.2, -0.15) is 0 Å². The van der Waals surface area contributed by atoms with Crippen LogP contribution in [0.4, 0.5) is 0 Å². The third-order valence-corrected chi connectivity index (χ3v) is 3.85. The molecule has 3 heteroatoms. The van der Waals surface area contributed by atoms with E-state index in [1.54, 1.807) is 0 Å². The van der Waals surface area contributed by atoms with Crippen molar-refractivity contribution in [1.82, 2.24) is 0 Å². The quantitative estimate of drug-likeness (QED) is 0.869. The van der Waals surface area contributed by atoms with Crippen LogP contribution in [0, 0.1) is 5.41 Å². The Kier molecular flexibility index (Phi) is 3.80. The van der Waals surface area contributed by atoms with Gasteiger partial charge in [0.05, 0.1) is 6.42 Å². The van der Waals surface area contributed by atoms with Crippen LogP contribution in [0.2, 0.25) is 0 Å². The third kappa shape index (κ3) is 2.78. The Balaban J connectivity index is 2.12. The zero-order chi connectivity index (χ0) is 13.0. The number of benzene rings is 1. The van der Waals surface area contributed by atoms with Gasteiger partial charge in [-0.05, 0) is 18.4 Å². The van der Waals surface area contributed by atoms with Crippen molar-refractivity contribution in [2.75, 3.05) is 0 Å². The molecule has 1 aromatic rings. The van der Waals surface area contributed by atoms with Gasteiger partial charge >= 0.3 is 5.97 Å². The maximum atomic E-state index is 12.4. The second kappa shape index (κ2) is 5.34. The Bertz CT molecular complexity index is 430. The Morgan fingerprint density at radius 3 is 2.28 bits per heavy atom. The van der Waals surface area contributed by atoms with E-state index in [0.717, 1.165) is 31.2 Å². The highest BCUT2D eigenvalue weighted by atomic mass is 16.4. The molecule has 1 aliphatic carbocycles. The topological polar surface area (TPSA) is 54.4 Å². The van der Waals surface area contributed by atoms with Crippen LogP contribution in [0.3, 0.4) is 0 Å². The van der Waals surface area contributed by atoms with Gasteiger partial charge < -0.3 is 5.11 Å². The molecule has 0 aliphatic heterocycles. The molecule has 0 atom stereocenters.